The molecule has 0 atom stereocenters. The van der Waals surface area contributed by atoms with Crippen molar-refractivity contribution >= 4 is 33.3 Å². The highest BCUT2D eigenvalue weighted by Gasteiger charge is 2.27. The summed E-state index contributed by atoms with van der Waals surface area (Å²) in [5, 5.41) is 12.1. The van der Waals surface area contributed by atoms with Crippen LogP contribution in [0.15, 0.2) is 29.6 Å². The normalized spacial score (nSPS) is 16.0. The summed E-state index contributed by atoms with van der Waals surface area (Å²) in [5.41, 5.74) is 0.734. The zero-order chi connectivity index (χ0) is 17.1. The molecule has 0 spiro atoms. The number of rotatable bonds is 5. The largest absolute Gasteiger partial charge is 0.480 e. The summed E-state index contributed by atoms with van der Waals surface area (Å²) in [4.78, 5) is 27.5. The Morgan fingerprint density at radius 1 is 1.29 bits per heavy atom. The van der Waals surface area contributed by atoms with E-state index >= 15 is 0 Å². The van der Waals surface area contributed by atoms with Crippen molar-refractivity contribution in [3.63, 3.8) is 0 Å². The number of aliphatic carboxylic acids is 1. The van der Waals surface area contributed by atoms with Crippen molar-refractivity contribution in [3.8, 4) is 0 Å². The molecule has 1 N–H and O–H groups in total. The number of carbonyl (C=O) groups is 2. The minimum Gasteiger partial charge on any atom is -0.480 e. The standard InChI is InChI=1S/C18H22N2O3S/c1-2-19(12-17(21)22)15-5-8-20(9-6-15)18(23)14-3-4-16-13(11-14)7-10-24-16/h3-4,7,10-11,15H,2,5-6,8-9,12H2,1H3,(H,21,22). The molecule has 3 rings (SSSR count). The lowest BCUT2D eigenvalue weighted by Crippen LogP contribution is -2.48. The van der Waals surface area contributed by atoms with Crippen LogP contribution in [0.5, 0.6) is 0 Å². The van der Waals surface area contributed by atoms with Crippen LogP contribution in [0.3, 0.4) is 0 Å². The molecule has 1 aromatic heterocycles. The fourth-order valence-electron chi connectivity index (χ4n) is 3.39. The van der Waals surface area contributed by atoms with Gasteiger partial charge in [-0.15, -0.1) is 11.3 Å². The van der Waals surface area contributed by atoms with Crippen LogP contribution in [0, 0.1) is 0 Å². The fourth-order valence-corrected chi connectivity index (χ4v) is 4.16. The van der Waals surface area contributed by atoms with E-state index in [1.54, 1.807) is 11.3 Å². The molecule has 2 aromatic rings. The summed E-state index contributed by atoms with van der Waals surface area (Å²) in [5.74, 6) is -0.720. The van der Waals surface area contributed by atoms with Gasteiger partial charge < -0.3 is 10.0 Å². The number of fused-ring (bicyclic) bond motifs is 1. The highest BCUT2D eigenvalue weighted by molar-refractivity contribution is 7.17. The first kappa shape index (κ1) is 16.9. The van der Waals surface area contributed by atoms with Crippen LogP contribution in [0.1, 0.15) is 30.1 Å². The van der Waals surface area contributed by atoms with Crippen molar-refractivity contribution in [2.45, 2.75) is 25.8 Å². The molecule has 128 valence electrons. The minimum atomic E-state index is -0.792. The van der Waals surface area contributed by atoms with E-state index in [2.05, 4.69) is 0 Å². The van der Waals surface area contributed by atoms with Crippen LogP contribution in [0.2, 0.25) is 0 Å². The van der Waals surface area contributed by atoms with Gasteiger partial charge >= 0.3 is 5.97 Å². The number of likely N-dealkylation sites (N-methyl/N-ethyl adjacent to an activating group) is 1. The average molecular weight is 346 g/mol. The molecule has 1 fully saturated rings. The second kappa shape index (κ2) is 7.32. The summed E-state index contributed by atoms with van der Waals surface area (Å²) < 4.78 is 1.19. The maximum absolute atomic E-state index is 12.7. The lowest BCUT2D eigenvalue weighted by Gasteiger charge is -2.37. The van der Waals surface area contributed by atoms with E-state index in [1.165, 1.54) is 4.70 Å². The lowest BCUT2D eigenvalue weighted by molar-refractivity contribution is -0.139. The van der Waals surface area contributed by atoms with Gasteiger partial charge in [0.1, 0.15) is 0 Å². The zero-order valence-corrected chi connectivity index (χ0v) is 14.6. The molecule has 1 aromatic carbocycles. The summed E-state index contributed by atoms with van der Waals surface area (Å²) in [6.07, 6.45) is 1.65. The number of hydrogen-bond acceptors (Lipinski definition) is 4. The Balaban J connectivity index is 1.63. The van der Waals surface area contributed by atoms with Crippen LogP contribution in [0.25, 0.3) is 10.1 Å². The summed E-state index contributed by atoms with van der Waals surface area (Å²) >= 11 is 1.68. The number of nitrogens with zero attached hydrogens (tertiary/aromatic N) is 2. The zero-order valence-electron chi connectivity index (χ0n) is 13.8. The number of benzene rings is 1. The van der Waals surface area contributed by atoms with E-state index in [0.717, 1.165) is 30.3 Å². The number of carbonyl (C=O) groups excluding carboxylic acids is 1. The number of thiophene rings is 1. The van der Waals surface area contributed by atoms with Gasteiger partial charge in [-0.05, 0) is 54.4 Å². The van der Waals surface area contributed by atoms with Gasteiger partial charge in [-0.25, -0.2) is 0 Å². The molecular weight excluding hydrogens is 324 g/mol. The maximum Gasteiger partial charge on any atom is 0.317 e. The highest BCUT2D eigenvalue weighted by Crippen LogP contribution is 2.24. The maximum atomic E-state index is 12.7. The molecular formula is C18H22N2O3S. The first-order chi connectivity index (χ1) is 11.6. The molecule has 1 aliphatic rings. The Morgan fingerprint density at radius 2 is 2.04 bits per heavy atom. The molecule has 2 heterocycles. The lowest BCUT2D eigenvalue weighted by atomic mass is 10.0. The summed E-state index contributed by atoms with van der Waals surface area (Å²) in [7, 11) is 0. The molecule has 1 amide bonds. The first-order valence-electron chi connectivity index (χ1n) is 8.31. The minimum absolute atomic E-state index is 0.0721. The molecule has 1 saturated heterocycles. The molecule has 6 heteroatoms. The van der Waals surface area contributed by atoms with Gasteiger partial charge in [-0.1, -0.05) is 6.92 Å². The van der Waals surface area contributed by atoms with Crippen LogP contribution in [0.4, 0.5) is 0 Å². The Kier molecular flexibility index (Phi) is 5.16. The summed E-state index contributed by atoms with van der Waals surface area (Å²) in [6, 6.07) is 8.15. The van der Waals surface area contributed by atoms with Crippen molar-refractivity contribution in [2.75, 3.05) is 26.2 Å². The van der Waals surface area contributed by atoms with E-state index in [1.807, 2.05) is 46.4 Å². The number of carboxylic acid groups (broad SMARTS) is 1. The third kappa shape index (κ3) is 3.60. The number of hydrogen-bond donors (Lipinski definition) is 1. The van der Waals surface area contributed by atoms with Gasteiger partial charge in [0.15, 0.2) is 0 Å². The Hall–Kier alpha value is -1.92. The molecule has 24 heavy (non-hydrogen) atoms. The van der Waals surface area contributed by atoms with Crippen LogP contribution in [-0.2, 0) is 4.79 Å². The van der Waals surface area contributed by atoms with Crippen LogP contribution >= 0.6 is 11.3 Å². The molecule has 5 nitrogen and oxygen atoms in total. The first-order valence-corrected chi connectivity index (χ1v) is 9.19. The van der Waals surface area contributed by atoms with Gasteiger partial charge in [-0.2, -0.15) is 0 Å². The van der Waals surface area contributed by atoms with Gasteiger partial charge in [0.05, 0.1) is 6.54 Å². The Bertz CT molecular complexity index is 735. The molecule has 1 aliphatic heterocycles. The third-order valence-corrected chi connectivity index (χ3v) is 5.61. The number of piperidine rings is 1. The molecule has 0 bridgehead atoms. The van der Waals surface area contributed by atoms with Gasteiger partial charge in [0.25, 0.3) is 5.91 Å². The topological polar surface area (TPSA) is 60.9 Å². The van der Waals surface area contributed by atoms with Crippen molar-refractivity contribution in [2.24, 2.45) is 0 Å². The monoisotopic (exact) mass is 346 g/mol. The van der Waals surface area contributed by atoms with Crippen LogP contribution in [-0.4, -0.2) is 59.0 Å². The second-order valence-corrected chi connectivity index (χ2v) is 7.10. The fraction of sp³-hybridized carbons (Fsp3) is 0.444. The SMILES string of the molecule is CCN(CC(=O)O)C1CCN(C(=O)c2ccc3sccc3c2)CC1. The van der Waals surface area contributed by atoms with Crippen LogP contribution < -0.4 is 0 Å². The third-order valence-electron chi connectivity index (χ3n) is 4.71. The molecule has 0 aliphatic carbocycles. The number of carboxylic acids is 1. The van der Waals surface area contributed by atoms with Gasteiger partial charge in [0, 0.05) is 29.4 Å². The van der Waals surface area contributed by atoms with E-state index < -0.39 is 5.97 Å². The Morgan fingerprint density at radius 3 is 2.71 bits per heavy atom. The van der Waals surface area contributed by atoms with E-state index in [-0.39, 0.29) is 18.5 Å². The smallest absolute Gasteiger partial charge is 0.317 e. The molecule has 0 radical (unpaired) electrons. The van der Waals surface area contributed by atoms with Crippen molar-refractivity contribution in [3.05, 3.63) is 35.2 Å². The van der Waals surface area contributed by atoms with Crippen molar-refractivity contribution in [1.29, 1.82) is 0 Å². The van der Waals surface area contributed by atoms with Gasteiger partial charge in [-0.3, -0.25) is 14.5 Å². The van der Waals surface area contributed by atoms with Crippen molar-refractivity contribution in [1.82, 2.24) is 9.80 Å². The predicted molar refractivity (Wildman–Crippen MR) is 95.6 cm³/mol. The van der Waals surface area contributed by atoms with Crippen molar-refractivity contribution < 1.29 is 14.7 Å². The quantitative estimate of drug-likeness (QED) is 0.904. The van der Waals surface area contributed by atoms with E-state index in [0.29, 0.717) is 13.1 Å². The van der Waals surface area contributed by atoms with Gasteiger partial charge in [0.2, 0.25) is 0 Å². The Labute approximate surface area is 145 Å². The van der Waals surface area contributed by atoms with E-state index in [4.69, 9.17) is 5.11 Å². The molecule has 0 saturated carbocycles. The summed E-state index contributed by atoms with van der Waals surface area (Å²) in [6.45, 7) is 4.14. The number of likely N-dealkylation sites (tertiary alicyclic amines) is 1. The average Bonchev–Trinajstić information content (AvgIpc) is 3.06. The second-order valence-electron chi connectivity index (χ2n) is 6.15. The predicted octanol–water partition coefficient (Wildman–Crippen LogP) is 2.91. The van der Waals surface area contributed by atoms with E-state index in [9.17, 15) is 9.59 Å². The number of amides is 1. The highest BCUT2D eigenvalue weighted by atomic mass is 32.1. The molecule has 0 unspecified atom stereocenters.